The van der Waals surface area contributed by atoms with Crippen molar-refractivity contribution >= 4 is 11.6 Å². The van der Waals surface area contributed by atoms with Crippen molar-refractivity contribution in [3.8, 4) is 5.75 Å². The summed E-state index contributed by atoms with van der Waals surface area (Å²) in [5.41, 5.74) is 6.82. The molecule has 0 radical (unpaired) electrons. The van der Waals surface area contributed by atoms with E-state index >= 15 is 0 Å². The summed E-state index contributed by atoms with van der Waals surface area (Å²) in [4.78, 5) is 0. The van der Waals surface area contributed by atoms with E-state index < -0.39 is 0 Å². The van der Waals surface area contributed by atoms with Gasteiger partial charge in [0.2, 0.25) is 0 Å². The molecule has 0 saturated carbocycles. The zero-order valence-corrected chi connectivity index (χ0v) is 8.05. The first-order valence-corrected chi connectivity index (χ1v) is 4.81. The van der Waals surface area contributed by atoms with Crippen molar-refractivity contribution < 1.29 is 4.74 Å². The lowest BCUT2D eigenvalue weighted by atomic mass is 9.93. The summed E-state index contributed by atoms with van der Waals surface area (Å²) in [7, 11) is 0. The van der Waals surface area contributed by atoms with Gasteiger partial charge in [-0.25, -0.2) is 0 Å². The fraction of sp³-hybridized carbons (Fsp3) is 0.400. The van der Waals surface area contributed by atoms with Crippen LogP contribution in [-0.2, 0) is 0 Å². The molecule has 1 aromatic carbocycles. The van der Waals surface area contributed by atoms with Gasteiger partial charge in [0, 0.05) is 16.5 Å². The van der Waals surface area contributed by atoms with Gasteiger partial charge in [0.1, 0.15) is 5.75 Å². The highest BCUT2D eigenvalue weighted by Crippen LogP contribution is 2.34. The second-order valence-corrected chi connectivity index (χ2v) is 3.69. The van der Waals surface area contributed by atoms with Crippen LogP contribution in [0, 0.1) is 0 Å². The normalized spacial score (nSPS) is 20.6. The molecule has 13 heavy (non-hydrogen) atoms. The van der Waals surface area contributed by atoms with Gasteiger partial charge in [0.05, 0.1) is 6.61 Å². The lowest BCUT2D eigenvalue weighted by Crippen LogP contribution is -2.20. The van der Waals surface area contributed by atoms with E-state index in [1.165, 1.54) is 0 Å². The van der Waals surface area contributed by atoms with Gasteiger partial charge < -0.3 is 10.5 Å². The van der Waals surface area contributed by atoms with Gasteiger partial charge in [-0.2, -0.15) is 0 Å². The van der Waals surface area contributed by atoms with Crippen LogP contribution in [0.4, 0.5) is 0 Å². The topological polar surface area (TPSA) is 35.2 Å². The largest absolute Gasteiger partial charge is 0.493 e. The average Bonchev–Trinajstić information content (AvgIpc) is 2.17. The van der Waals surface area contributed by atoms with Crippen molar-refractivity contribution in [1.82, 2.24) is 0 Å². The summed E-state index contributed by atoms with van der Waals surface area (Å²) in [5.74, 6) is 1.34. The van der Waals surface area contributed by atoms with Crippen LogP contribution < -0.4 is 10.5 Å². The van der Waals surface area contributed by atoms with Crippen molar-refractivity contribution in [3.63, 3.8) is 0 Å². The molecule has 0 saturated heterocycles. The molecule has 0 bridgehead atoms. The highest BCUT2D eigenvalue weighted by Gasteiger charge is 2.19. The molecule has 2 nitrogen and oxygen atoms in total. The highest BCUT2D eigenvalue weighted by molar-refractivity contribution is 6.30. The van der Waals surface area contributed by atoms with Gasteiger partial charge in [0.25, 0.3) is 0 Å². The van der Waals surface area contributed by atoms with Gasteiger partial charge >= 0.3 is 0 Å². The van der Waals surface area contributed by atoms with Crippen molar-refractivity contribution in [1.29, 1.82) is 0 Å². The highest BCUT2D eigenvalue weighted by atomic mass is 35.5. The van der Waals surface area contributed by atoms with Crippen LogP contribution in [0.5, 0.6) is 5.75 Å². The first kappa shape index (κ1) is 8.85. The fourth-order valence-corrected chi connectivity index (χ4v) is 1.86. The summed E-state index contributed by atoms with van der Waals surface area (Å²) in [5, 5.41) is 0.753. The first-order valence-electron chi connectivity index (χ1n) is 4.43. The summed E-state index contributed by atoms with van der Waals surface area (Å²) < 4.78 is 5.50. The molecule has 0 fully saturated rings. The molecule has 1 atom stereocenters. The molecule has 1 aliphatic rings. The SMILES string of the molecule is NCC1CCOc2ccc(Cl)cc21. The van der Waals surface area contributed by atoms with Crippen LogP contribution in [0.3, 0.4) is 0 Å². The van der Waals surface area contributed by atoms with E-state index in [1.807, 2.05) is 18.2 Å². The zero-order chi connectivity index (χ0) is 9.26. The van der Waals surface area contributed by atoms with Crippen molar-refractivity contribution in [2.45, 2.75) is 12.3 Å². The van der Waals surface area contributed by atoms with Crippen molar-refractivity contribution in [3.05, 3.63) is 28.8 Å². The predicted molar refractivity (Wildman–Crippen MR) is 53.4 cm³/mol. The van der Waals surface area contributed by atoms with Crippen LogP contribution in [0.25, 0.3) is 0 Å². The minimum atomic E-state index is 0.405. The maximum atomic E-state index is 5.90. The number of fused-ring (bicyclic) bond motifs is 1. The molecule has 1 unspecified atom stereocenters. The van der Waals surface area contributed by atoms with Crippen LogP contribution in [0.15, 0.2) is 18.2 Å². The lowest BCUT2D eigenvalue weighted by Gasteiger charge is -2.24. The van der Waals surface area contributed by atoms with E-state index in [0.717, 1.165) is 29.4 Å². The summed E-state index contributed by atoms with van der Waals surface area (Å²) in [6.07, 6.45) is 0.990. The minimum absolute atomic E-state index is 0.405. The van der Waals surface area contributed by atoms with Crippen molar-refractivity contribution in [2.24, 2.45) is 5.73 Å². The molecule has 1 aromatic rings. The number of hydrogen-bond donors (Lipinski definition) is 1. The third-order valence-electron chi connectivity index (χ3n) is 2.42. The van der Waals surface area contributed by atoms with E-state index in [1.54, 1.807) is 0 Å². The van der Waals surface area contributed by atoms with Crippen molar-refractivity contribution in [2.75, 3.05) is 13.2 Å². The molecule has 1 heterocycles. The monoisotopic (exact) mass is 197 g/mol. The Hall–Kier alpha value is -0.730. The Labute approximate surface area is 82.6 Å². The number of halogens is 1. The molecular formula is C10H12ClNO. The third kappa shape index (κ3) is 1.64. The number of ether oxygens (including phenoxy) is 1. The average molecular weight is 198 g/mol. The molecule has 2 rings (SSSR count). The maximum absolute atomic E-state index is 5.90. The second-order valence-electron chi connectivity index (χ2n) is 3.25. The molecule has 70 valence electrons. The van der Waals surface area contributed by atoms with E-state index in [0.29, 0.717) is 12.5 Å². The molecular weight excluding hydrogens is 186 g/mol. The van der Waals surface area contributed by atoms with Gasteiger partial charge in [-0.3, -0.25) is 0 Å². The van der Waals surface area contributed by atoms with Gasteiger partial charge in [-0.1, -0.05) is 11.6 Å². The molecule has 0 aliphatic carbocycles. The van der Waals surface area contributed by atoms with Crippen LogP contribution in [0.1, 0.15) is 17.9 Å². The summed E-state index contributed by atoms with van der Waals surface area (Å²) in [6, 6.07) is 5.71. The molecule has 0 spiro atoms. The Morgan fingerprint density at radius 2 is 2.38 bits per heavy atom. The number of rotatable bonds is 1. The Balaban J connectivity index is 2.41. The van der Waals surface area contributed by atoms with Crippen LogP contribution in [-0.4, -0.2) is 13.2 Å². The van der Waals surface area contributed by atoms with E-state index in [2.05, 4.69) is 0 Å². The van der Waals surface area contributed by atoms with Gasteiger partial charge in [-0.15, -0.1) is 0 Å². The number of benzene rings is 1. The lowest BCUT2D eigenvalue weighted by molar-refractivity contribution is 0.269. The predicted octanol–water partition coefficient (Wildman–Crippen LogP) is 2.16. The van der Waals surface area contributed by atoms with Crippen LogP contribution in [0.2, 0.25) is 5.02 Å². The Kier molecular flexibility index (Phi) is 2.42. The van der Waals surface area contributed by atoms with E-state index in [4.69, 9.17) is 22.1 Å². The van der Waals surface area contributed by atoms with Gasteiger partial charge in [0.15, 0.2) is 0 Å². The zero-order valence-electron chi connectivity index (χ0n) is 7.29. The van der Waals surface area contributed by atoms with E-state index in [9.17, 15) is 0 Å². The standard InChI is InChI=1S/C10H12ClNO/c11-8-1-2-10-9(5-8)7(6-12)3-4-13-10/h1-2,5,7H,3-4,6,12H2. The van der Waals surface area contributed by atoms with Crippen LogP contribution >= 0.6 is 11.6 Å². The summed E-state index contributed by atoms with van der Waals surface area (Å²) in [6.45, 7) is 1.42. The molecule has 3 heteroatoms. The Bertz CT molecular complexity index is 314. The Morgan fingerprint density at radius 3 is 3.15 bits per heavy atom. The number of hydrogen-bond acceptors (Lipinski definition) is 2. The van der Waals surface area contributed by atoms with E-state index in [-0.39, 0.29) is 0 Å². The van der Waals surface area contributed by atoms with Gasteiger partial charge in [-0.05, 0) is 31.2 Å². The fourth-order valence-electron chi connectivity index (χ4n) is 1.68. The molecule has 0 aromatic heterocycles. The number of nitrogens with two attached hydrogens (primary N) is 1. The second kappa shape index (κ2) is 3.56. The first-order chi connectivity index (χ1) is 6.31. The Morgan fingerprint density at radius 1 is 1.54 bits per heavy atom. The summed E-state index contributed by atoms with van der Waals surface area (Å²) >= 11 is 5.90. The quantitative estimate of drug-likeness (QED) is 0.749. The minimum Gasteiger partial charge on any atom is -0.493 e. The smallest absolute Gasteiger partial charge is 0.122 e. The third-order valence-corrected chi connectivity index (χ3v) is 2.66. The molecule has 2 N–H and O–H groups in total. The molecule has 1 aliphatic heterocycles. The maximum Gasteiger partial charge on any atom is 0.122 e. The molecule has 0 amide bonds.